The molecule has 0 spiro atoms. The molecule has 0 fully saturated rings. The van der Waals surface area contributed by atoms with Crippen molar-refractivity contribution in [2.45, 2.75) is 57.6 Å². The van der Waals surface area contributed by atoms with Gasteiger partial charge in [0.25, 0.3) is 10.0 Å². The summed E-state index contributed by atoms with van der Waals surface area (Å²) in [6.07, 6.45) is 0.235. The van der Waals surface area contributed by atoms with Crippen molar-refractivity contribution in [1.82, 2.24) is 10.2 Å². The number of para-hydroxylation sites is 2. The molecule has 0 saturated heterocycles. The molecule has 0 heterocycles. The maximum atomic E-state index is 14.6. The van der Waals surface area contributed by atoms with Gasteiger partial charge in [0.2, 0.25) is 11.8 Å². The van der Waals surface area contributed by atoms with Gasteiger partial charge in [-0.15, -0.1) is 0 Å². The number of ether oxygens (including phenoxy) is 1. The summed E-state index contributed by atoms with van der Waals surface area (Å²) in [7, 11) is -4.25. The fourth-order valence-corrected chi connectivity index (χ4v) is 6.93. The first-order valence-corrected chi connectivity index (χ1v) is 17.4. The van der Waals surface area contributed by atoms with Gasteiger partial charge in [-0.1, -0.05) is 88.2 Å². The molecule has 0 saturated carbocycles. The zero-order valence-corrected chi connectivity index (χ0v) is 28.9. The van der Waals surface area contributed by atoms with E-state index < -0.39 is 28.5 Å². The van der Waals surface area contributed by atoms with Crippen molar-refractivity contribution >= 4 is 43.5 Å². The van der Waals surface area contributed by atoms with E-state index in [1.165, 1.54) is 17.0 Å². The molecule has 0 bridgehead atoms. The van der Waals surface area contributed by atoms with Crippen LogP contribution in [0.1, 0.15) is 37.5 Å². The van der Waals surface area contributed by atoms with Gasteiger partial charge in [0, 0.05) is 23.5 Å². The van der Waals surface area contributed by atoms with Gasteiger partial charge in [-0.05, 0) is 75.2 Å². The second-order valence-electron chi connectivity index (χ2n) is 11.2. The fraction of sp³-hybridized carbons (Fsp3) is 0.278. The highest BCUT2D eigenvalue weighted by Crippen LogP contribution is 2.33. The lowest BCUT2D eigenvalue weighted by molar-refractivity contribution is -0.140. The molecule has 1 atom stereocenters. The van der Waals surface area contributed by atoms with Crippen LogP contribution in [0.5, 0.6) is 5.75 Å². The average Bonchev–Trinajstić information content (AvgIpc) is 3.02. The summed E-state index contributed by atoms with van der Waals surface area (Å²) >= 11 is 3.51. The molecule has 0 aliphatic heterocycles. The van der Waals surface area contributed by atoms with Gasteiger partial charge in [-0.2, -0.15) is 0 Å². The molecular weight excluding hydrogens is 666 g/mol. The van der Waals surface area contributed by atoms with Crippen LogP contribution in [0.25, 0.3) is 0 Å². The number of carbonyl (C=O) groups excluding carboxylic acids is 2. The molecular formula is C36H40BrN3O5S. The molecule has 4 aromatic rings. The minimum atomic E-state index is -4.25. The topological polar surface area (TPSA) is 96.0 Å². The van der Waals surface area contributed by atoms with Crippen LogP contribution in [0.2, 0.25) is 0 Å². The van der Waals surface area contributed by atoms with E-state index in [0.717, 1.165) is 25.5 Å². The number of amides is 2. The van der Waals surface area contributed by atoms with Crippen LogP contribution in [0.3, 0.4) is 0 Å². The number of carbonyl (C=O) groups is 2. The van der Waals surface area contributed by atoms with E-state index in [2.05, 4.69) is 21.2 Å². The van der Waals surface area contributed by atoms with Gasteiger partial charge in [0.05, 0.1) is 17.2 Å². The molecule has 0 aromatic heterocycles. The number of nitrogens with zero attached hydrogens (tertiary/aromatic N) is 2. The Morgan fingerprint density at radius 1 is 0.870 bits per heavy atom. The molecule has 0 aliphatic carbocycles. The van der Waals surface area contributed by atoms with Crippen LogP contribution < -0.4 is 14.4 Å². The van der Waals surface area contributed by atoms with E-state index >= 15 is 0 Å². The number of aryl methyl sites for hydroxylation is 1. The van der Waals surface area contributed by atoms with Crippen LogP contribution in [-0.2, 0) is 32.6 Å². The summed E-state index contributed by atoms with van der Waals surface area (Å²) in [5.41, 5.74) is 2.77. The Hall–Kier alpha value is -4.15. The summed E-state index contributed by atoms with van der Waals surface area (Å²) in [6.45, 7) is 7.21. The number of nitrogens with one attached hydrogen (secondary N) is 1. The molecule has 4 rings (SSSR count). The average molecular weight is 707 g/mol. The Morgan fingerprint density at radius 3 is 2.17 bits per heavy atom. The Bertz CT molecular complexity index is 1730. The van der Waals surface area contributed by atoms with Crippen LogP contribution in [-0.4, -0.2) is 50.4 Å². The van der Waals surface area contributed by atoms with Crippen molar-refractivity contribution in [1.29, 1.82) is 0 Å². The first kappa shape index (κ1) is 34.7. The predicted octanol–water partition coefficient (Wildman–Crippen LogP) is 6.52. The van der Waals surface area contributed by atoms with Gasteiger partial charge >= 0.3 is 0 Å². The SMILES string of the molecule is CCOc1ccccc1N(CC(=O)N(Cc1cccc(Br)c1)C(Cc1ccccc1)C(=O)NC(C)C)S(=O)(=O)c1ccc(C)cc1. The van der Waals surface area contributed by atoms with Crippen LogP contribution in [0, 0.1) is 6.92 Å². The van der Waals surface area contributed by atoms with Gasteiger partial charge < -0.3 is 15.0 Å². The smallest absolute Gasteiger partial charge is 0.264 e. The van der Waals surface area contributed by atoms with Crippen molar-refractivity contribution in [3.63, 3.8) is 0 Å². The Labute approximate surface area is 280 Å². The highest BCUT2D eigenvalue weighted by molar-refractivity contribution is 9.10. The fourth-order valence-electron chi connectivity index (χ4n) is 5.06. The maximum Gasteiger partial charge on any atom is 0.264 e. The number of sulfonamides is 1. The minimum absolute atomic E-state index is 0.0362. The minimum Gasteiger partial charge on any atom is -0.492 e. The summed E-state index contributed by atoms with van der Waals surface area (Å²) in [5.74, 6) is -0.544. The van der Waals surface area contributed by atoms with Gasteiger partial charge in [-0.3, -0.25) is 13.9 Å². The Kier molecular flexibility index (Phi) is 12.0. The van der Waals surface area contributed by atoms with Crippen molar-refractivity contribution < 1.29 is 22.7 Å². The second-order valence-corrected chi connectivity index (χ2v) is 14.0. The number of benzene rings is 4. The highest BCUT2D eigenvalue weighted by Gasteiger charge is 2.35. The molecule has 4 aromatic carbocycles. The van der Waals surface area contributed by atoms with E-state index in [4.69, 9.17) is 4.74 Å². The summed E-state index contributed by atoms with van der Waals surface area (Å²) < 4.78 is 36.4. The van der Waals surface area contributed by atoms with Crippen LogP contribution in [0.4, 0.5) is 5.69 Å². The number of hydrogen-bond acceptors (Lipinski definition) is 5. The summed E-state index contributed by atoms with van der Waals surface area (Å²) in [4.78, 5) is 30.0. The van der Waals surface area contributed by atoms with Crippen LogP contribution in [0.15, 0.2) is 112 Å². The summed E-state index contributed by atoms with van der Waals surface area (Å²) in [5, 5.41) is 2.97. The third-order valence-electron chi connectivity index (χ3n) is 7.27. The Morgan fingerprint density at radius 2 is 1.52 bits per heavy atom. The van der Waals surface area contributed by atoms with E-state index in [9.17, 15) is 18.0 Å². The molecule has 46 heavy (non-hydrogen) atoms. The van der Waals surface area contributed by atoms with Gasteiger partial charge in [0.1, 0.15) is 18.3 Å². The maximum absolute atomic E-state index is 14.6. The largest absolute Gasteiger partial charge is 0.492 e. The zero-order valence-electron chi connectivity index (χ0n) is 26.5. The quantitative estimate of drug-likeness (QED) is 0.161. The number of hydrogen-bond donors (Lipinski definition) is 1. The molecule has 0 aliphatic rings. The third kappa shape index (κ3) is 8.98. The number of anilines is 1. The van der Waals surface area contributed by atoms with E-state index in [1.807, 2.05) is 82.3 Å². The lowest BCUT2D eigenvalue weighted by atomic mass is 10.0. The molecule has 1 unspecified atom stereocenters. The van der Waals surface area contributed by atoms with E-state index in [1.54, 1.807) is 36.4 Å². The number of rotatable bonds is 14. The molecule has 242 valence electrons. The zero-order chi connectivity index (χ0) is 33.3. The van der Waals surface area contributed by atoms with Crippen molar-refractivity contribution in [2.24, 2.45) is 0 Å². The first-order valence-electron chi connectivity index (χ1n) is 15.2. The normalized spacial score (nSPS) is 12.0. The first-order chi connectivity index (χ1) is 22.0. The molecule has 8 nitrogen and oxygen atoms in total. The molecule has 2 amide bonds. The third-order valence-corrected chi connectivity index (χ3v) is 9.53. The lowest BCUT2D eigenvalue weighted by Gasteiger charge is -2.34. The van der Waals surface area contributed by atoms with Crippen LogP contribution >= 0.6 is 15.9 Å². The predicted molar refractivity (Wildman–Crippen MR) is 185 cm³/mol. The Balaban J connectivity index is 1.84. The van der Waals surface area contributed by atoms with Crippen molar-refractivity contribution in [3.8, 4) is 5.75 Å². The van der Waals surface area contributed by atoms with E-state index in [0.29, 0.717) is 12.4 Å². The monoisotopic (exact) mass is 705 g/mol. The molecule has 0 radical (unpaired) electrons. The van der Waals surface area contributed by atoms with Gasteiger partial charge in [-0.25, -0.2) is 8.42 Å². The van der Waals surface area contributed by atoms with Gasteiger partial charge in [0.15, 0.2) is 0 Å². The number of halogens is 1. The van der Waals surface area contributed by atoms with Crippen molar-refractivity contribution in [2.75, 3.05) is 17.5 Å². The second kappa shape index (κ2) is 15.9. The lowest BCUT2D eigenvalue weighted by Crippen LogP contribution is -2.54. The summed E-state index contributed by atoms with van der Waals surface area (Å²) in [6, 6.07) is 29.1. The molecule has 1 N–H and O–H groups in total. The van der Waals surface area contributed by atoms with Crippen molar-refractivity contribution in [3.05, 3.63) is 124 Å². The van der Waals surface area contributed by atoms with E-state index in [-0.39, 0.29) is 35.5 Å². The highest BCUT2D eigenvalue weighted by atomic mass is 79.9. The standard InChI is InChI=1S/C36H40BrN3O5S/c1-5-45-34-17-10-9-16-32(34)40(46(43,44)31-20-18-27(4)19-21-31)25-35(41)39(24-29-14-11-15-30(37)22-29)33(36(42)38-26(2)3)23-28-12-7-6-8-13-28/h6-22,26,33H,5,23-25H2,1-4H3,(H,38,42). The molecule has 10 heteroatoms.